The second-order valence-electron chi connectivity index (χ2n) is 13.5. The molecule has 1 aromatic carbocycles. The summed E-state index contributed by atoms with van der Waals surface area (Å²) in [5.41, 5.74) is 7.63. The predicted molar refractivity (Wildman–Crippen MR) is 145 cm³/mol. The second kappa shape index (κ2) is 9.94. The number of likely N-dealkylation sites (tertiary alicyclic amines) is 2. The van der Waals surface area contributed by atoms with E-state index in [1.165, 1.54) is 74.7 Å². The highest BCUT2D eigenvalue weighted by Crippen LogP contribution is 2.48. The Morgan fingerprint density at radius 2 is 1.81 bits per heavy atom. The number of piperidine rings is 1. The molecule has 1 amide bonds. The molecule has 4 aliphatic rings. The third-order valence-corrected chi connectivity index (χ3v) is 9.71. The van der Waals surface area contributed by atoms with Gasteiger partial charge < -0.3 is 19.3 Å². The van der Waals surface area contributed by atoms with Crippen molar-refractivity contribution in [3.05, 3.63) is 33.9 Å². The number of nitrogens with zero attached hydrogens (tertiary/aromatic N) is 2. The van der Waals surface area contributed by atoms with Gasteiger partial charge in [-0.2, -0.15) is 0 Å². The SMILES string of the molecule is Cc1cc(C2CCN([C@@H]3CCC4(C3)CN(C(=O)OC(C)(C)C)C4)CC2)c(CC2CCOC2)c(C)c1C. The van der Waals surface area contributed by atoms with Crippen LogP contribution in [0.2, 0.25) is 0 Å². The van der Waals surface area contributed by atoms with Gasteiger partial charge in [-0.05, 0) is 139 Å². The molecule has 1 spiro atoms. The van der Waals surface area contributed by atoms with E-state index in [0.717, 1.165) is 26.3 Å². The van der Waals surface area contributed by atoms with Crippen molar-refractivity contribution in [1.82, 2.24) is 9.80 Å². The van der Waals surface area contributed by atoms with Crippen molar-refractivity contribution in [3.8, 4) is 0 Å². The molecule has 0 bridgehead atoms. The number of amides is 1. The molecule has 3 saturated heterocycles. The molecule has 1 aliphatic carbocycles. The number of hydrogen-bond acceptors (Lipinski definition) is 4. The minimum atomic E-state index is -0.415. The largest absolute Gasteiger partial charge is 0.444 e. The van der Waals surface area contributed by atoms with E-state index in [2.05, 4.69) is 31.7 Å². The first-order valence-corrected chi connectivity index (χ1v) is 14.4. The van der Waals surface area contributed by atoms with E-state index in [-0.39, 0.29) is 6.09 Å². The van der Waals surface area contributed by atoms with E-state index in [4.69, 9.17) is 9.47 Å². The Morgan fingerprint density at radius 3 is 2.44 bits per heavy atom. The Kier molecular flexibility index (Phi) is 7.19. The van der Waals surface area contributed by atoms with Gasteiger partial charge in [0.05, 0.1) is 0 Å². The van der Waals surface area contributed by atoms with Gasteiger partial charge in [0.2, 0.25) is 0 Å². The Labute approximate surface area is 218 Å². The van der Waals surface area contributed by atoms with Gasteiger partial charge >= 0.3 is 6.09 Å². The molecular weight excluding hydrogens is 448 g/mol. The zero-order valence-electron chi connectivity index (χ0n) is 23.6. The molecule has 1 unspecified atom stereocenters. The fourth-order valence-corrected chi connectivity index (χ4v) is 7.41. The maximum Gasteiger partial charge on any atom is 0.410 e. The first-order chi connectivity index (χ1) is 17.0. The summed E-state index contributed by atoms with van der Waals surface area (Å²) >= 11 is 0. The summed E-state index contributed by atoms with van der Waals surface area (Å²) < 4.78 is 11.3. The molecule has 4 fully saturated rings. The van der Waals surface area contributed by atoms with Crippen molar-refractivity contribution in [1.29, 1.82) is 0 Å². The van der Waals surface area contributed by atoms with Crippen molar-refractivity contribution < 1.29 is 14.3 Å². The molecule has 5 nitrogen and oxygen atoms in total. The Bertz CT molecular complexity index is 961. The van der Waals surface area contributed by atoms with Gasteiger partial charge in [-0.3, -0.25) is 0 Å². The standard InChI is InChI=1S/C31H48N2O3/c1-21-15-28(27(23(3)22(21)2)16-24-10-14-35-18-24)25-8-12-32(13-9-25)26-7-11-31(17-26)19-33(20-31)29(34)36-30(4,5)6/h15,24-26H,7-14,16-20H2,1-6H3/t24?,26-/m1/s1. The van der Waals surface area contributed by atoms with E-state index in [0.29, 0.717) is 23.3 Å². The van der Waals surface area contributed by atoms with Crippen molar-refractivity contribution >= 4 is 6.09 Å². The highest BCUT2D eigenvalue weighted by molar-refractivity contribution is 5.69. The minimum Gasteiger partial charge on any atom is -0.444 e. The molecule has 5 heteroatoms. The summed E-state index contributed by atoms with van der Waals surface area (Å²) in [6.07, 6.45) is 8.56. The smallest absolute Gasteiger partial charge is 0.410 e. The molecule has 0 radical (unpaired) electrons. The number of carbonyl (C=O) groups is 1. The lowest BCUT2D eigenvalue weighted by atomic mass is 9.78. The molecule has 200 valence electrons. The summed E-state index contributed by atoms with van der Waals surface area (Å²) in [5, 5.41) is 0. The second-order valence-corrected chi connectivity index (χ2v) is 13.5. The van der Waals surface area contributed by atoms with Crippen LogP contribution in [-0.2, 0) is 15.9 Å². The normalized spacial score (nSPS) is 27.0. The van der Waals surface area contributed by atoms with Gasteiger partial charge in [-0.25, -0.2) is 4.79 Å². The zero-order valence-corrected chi connectivity index (χ0v) is 23.6. The number of benzene rings is 1. The molecule has 5 rings (SSSR count). The summed E-state index contributed by atoms with van der Waals surface area (Å²) in [7, 11) is 0. The highest BCUT2D eigenvalue weighted by Gasteiger charge is 2.51. The van der Waals surface area contributed by atoms with Crippen LogP contribution in [0.25, 0.3) is 0 Å². The predicted octanol–water partition coefficient (Wildman–Crippen LogP) is 6.16. The van der Waals surface area contributed by atoms with Crippen LogP contribution in [0.1, 0.15) is 93.0 Å². The molecule has 0 N–H and O–H groups in total. The van der Waals surface area contributed by atoms with Crippen molar-refractivity contribution in [3.63, 3.8) is 0 Å². The van der Waals surface area contributed by atoms with Crippen molar-refractivity contribution in [2.45, 2.75) is 104 Å². The average Bonchev–Trinajstić information content (AvgIpc) is 3.48. The van der Waals surface area contributed by atoms with Gasteiger partial charge in [0.15, 0.2) is 0 Å². The van der Waals surface area contributed by atoms with Gasteiger partial charge in [-0.1, -0.05) is 6.07 Å². The Hall–Kier alpha value is -1.59. The van der Waals surface area contributed by atoms with Crippen LogP contribution in [0.5, 0.6) is 0 Å². The van der Waals surface area contributed by atoms with E-state index >= 15 is 0 Å². The lowest BCUT2D eigenvalue weighted by molar-refractivity contribution is -0.0347. The highest BCUT2D eigenvalue weighted by atomic mass is 16.6. The van der Waals surface area contributed by atoms with Crippen molar-refractivity contribution in [2.75, 3.05) is 39.4 Å². The van der Waals surface area contributed by atoms with Crippen LogP contribution >= 0.6 is 0 Å². The van der Waals surface area contributed by atoms with E-state index in [9.17, 15) is 4.79 Å². The van der Waals surface area contributed by atoms with E-state index < -0.39 is 5.60 Å². The summed E-state index contributed by atoms with van der Waals surface area (Å²) in [5.74, 6) is 1.36. The Balaban J connectivity index is 1.18. The van der Waals surface area contributed by atoms with E-state index in [1.54, 1.807) is 11.1 Å². The molecular formula is C31H48N2O3. The summed E-state index contributed by atoms with van der Waals surface area (Å²) in [6, 6.07) is 3.21. The van der Waals surface area contributed by atoms with Gasteiger partial charge in [0.25, 0.3) is 0 Å². The molecule has 0 aromatic heterocycles. The van der Waals surface area contributed by atoms with Crippen LogP contribution in [-0.4, -0.2) is 66.9 Å². The lowest BCUT2D eigenvalue weighted by Crippen LogP contribution is -2.58. The molecule has 3 heterocycles. The first kappa shape index (κ1) is 26.0. The third kappa shape index (κ3) is 5.34. The van der Waals surface area contributed by atoms with Crippen LogP contribution in [0.15, 0.2) is 6.07 Å². The number of ether oxygens (including phenoxy) is 2. The third-order valence-electron chi connectivity index (χ3n) is 9.71. The van der Waals surface area contributed by atoms with Crippen LogP contribution < -0.4 is 0 Å². The summed E-state index contributed by atoms with van der Waals surface area (Å²) in [4.78, 5) is 17.1. The first-order valence-electron chi connectivity index (χ1n) is 14.4. The van der Waals surface area contributed by atoms with Crippen LogP contribution in [0.4, 0.5) is 4.79 Å². The van der Waals surface area contributed by atoms with Gasteiger partial charge in [0.1, 0.15) is 5.60 Å². The lowest BCUT2D eigenvalue weighted by Gasteiger charge is -2.48. The van der Waals surface area contributed by atoms with Gasteiger partial charge in [0, 0.05) is 37.8 Å². The molecule has 2 atom stereocenters. The summed E-state index contributed by atoms with van der Waals surface area (Å²) in [6.45, 7) is 18.8. The fraction of sp³-hybridized carbons (Fsp3) is 0.774. The molecule has 1 saturated carbocycles. The zero-order chi connectivity index (χ0) is 25.7. The van der Waals surface area contributed by atoms with Gasteiger partial charge in [-0.15, -0.1) is 0 Å². The van der Waals surface area contributed by atoms with Crippen molar-refractivity contribution in [2.24, 2.45) is 11.3 Å². The molecule has 3 aliphatic heterocycles. The fourth-order valence-electron chi connectivity index (χ4n) is 7.41. The Morgan fingerprint density at radius 1 is 1.08 bits per heavy atom. The quantitative estimate of drug-likeness (QED) is 0.501. The topological polar surface area (TPSA) is 42.0 Å². The number of carbonyl (C=O) groups excluding carboxylic acids is 1. The monoisotopic (exact) mass is 496 g/mol. The molecule has 1 aromatic rings. The minimum absolute atomic E-state index is 0.138. The number of rotatable bonds is 4. The number of aryl methyl sites for hydroxylation is 1. The average molecular weight is 497 g/mol. The van der Waals surface area contributed by atoms with E-state index in [1.807, 2.05) is 25.7 Å². The molecule has 36 heavy (non-hydrogen) atoms. The maximum absolute atomic E-state index is 12.4. The number of hydrogen-bond donors (Lipinski definition) is 0. The maximum atomic E-state index is 12.4. The van der Waals surface area contributed by atoms with Crippen LogP contribution in [0, 0.1) is 32.1 Å². The van der Waals surface area contributed by atoms with Crippen LogP contribution in [0.3, 0.4) is 0 Å².